The first-order chi connectivity index (χ1) is 3.97. The maximum atomic E-state index is 4.20. The van der Waals surface area contributed by atoms with Crippen molar-refractivity contribution in [2.24, 2.45) is 0 Å². The second-order valence-corrected chi connectivity index (χ2v) is 2.91. The minimum atomic E-state index is 0.834. The molecule has 0 amide bonds. The van der Waals surface area contributed by atoms with E-state index >= 15 is 0 Å². The molecule has 1 saturated carbocycles. The van der Waals surface area contributed by atoms with Gasteiger partial charge in [0.25, 0.3) is 0 Å². The van der Waals surface area contributed by atoms with Crippen LogP contribution < -0.4 is 0 Å². The molecule has 0 N–H and O–H groups in total. The van der Waals surface area contributed by atoms with E-state index in [0.29, 0.717) is 0 Å². The smallest absolute Gasteiger partial charge is 0.0794 e. The molecule has 1 aliphatic carbocycles. The van der Waals surface area contributed by atoms with Crippen LogP contribution in [-0.2, 0) is 0 Å². The van der Waals surface area contributed by atoms with Gasteiger partial charge in [-0.15, -0.1) is 11.3 Å². The van der Waals surface area contributed by atoms with Crippen LogP contribution in [0.4, 0.5) is 0 Å². The van der Waals surface area contributed by atoms with Gasteiger partial charge in [-0.1, -0.05) is 0 Å². The summed E-state index contributed by atoms with van der Waals surface area (Å²) in [7, 11) is 0. The number of nitrogens with zero attached hydrogens (tertiary/aromatic N) is 1. The van der Waals surface area contributed by atoms with E-state index in [-0.39, 0.29) is 0 Å². The summed E-state index contributed by atoms with van der Waals surface area (Å²) in [4.78, 5) is 4.20. The van der Waals surface area contributed by atoms with Crippen molar-refractivity contribution in [3.05, 3.63) is 16.6 Å². The molecular weight excluding hydrogens is 118 g/mol. The van der Waals surface area contributed by atoms with E-state index in [4.69, 9.17) is 0 Å². The van der Waals surface area contributed by atoms with E-state index in [1.807, 2.05) is 5.51 Å². The molecule has 0 spiro atoms. The summed E-state index contributed by atoms with van der Waals surface area (Å²) in [5.41, 5.74) is 3.23. The number of aromatic nitrogens is 1. The topological polar surface area (TPSA) is 12.9 Å². The van der Waals surface area contributed by atoms with Crippen LogP contribution in [0, 0.1) is 0 Å². The van der Waals surface area contributed by atoms with Crippen LogP contribution in [0.2, 0.25) is 0 Å². The van der Waals surface area contributed by atoms with Gasteiger partial charge in [0.2, 0.25) is 0 Å². The van der Waals surface area contributed by atoms with Gasteiger partial charge in [0.15, 0.2) is 0 Å². The summed E-state index contributed by atoms with van der Waals surface area (Å²) in [6.07, 6.45) is 2.73. The zero-order chi connectivity index (χ0) is 5.40. The molecule has 0 saturated heterocycles. The van der Waals surface area contributed by atoms with Gasteiger partial charge in [0, 0.05) is 11.3 Å². The highest BCUT2D eigenvalue weighted by atomic mass is 32.1. The first-order valence-electron chi connectivity index (χ1n) is 2.85. The van der Waals surface area contributed by atoms with Gasteiger partial charge >= 0.3 is 0 Å². The van der Waals surface area contributed by atoms with Crippen LogP contribution in [0.25, 0.3) is 0 Å². The van der Waals surface area contributed by atoms with Gasteiger partial charge in [0.1, 0.15) is 0 Å². The van der Waals surface area contributed by atoms with E-state index in [9.17, 15) is 0 Å². The Labute approximate surface area is 52.4 Å². The van der Waals surface area contributed by atoms with Crippen molar-refractivity contribution in [2.45, 2.75) is 18.8 Å². The molecular formula is C6H7NS. The van der Waals surface area contributed by atoms with Crippen LogP contribution in [0.15, 0.2) is 10.9 Å². The zero-order valence-electron chi connectivity index (χ0n) is 4.50. The quantitative estimate of drug-likeness (QED) is 0.559. The molecule has 0 unspecified atom stereocenters. The fraction of sp³-hybridized carbons (Fsp3) is 0.500. The summed E-state index contributed by atoms with van der Waals surface area (Å²) < 4.78 is 0. The number of hydrogen-bond acceptors (Lipinski definition) is 2. The molecule has 2 rings (SSSR count). The lowest BCUT2D eigenvalue weighted by molar-refractivity contribution is 1.05. The van der Waals surface area contributed by atoms with Crippen molar-refractivity contribution in [1.82, 2.24) is 4.98 Å². The number of hydrogen-bond donors (Lipinski definition) is 0. The molecule has 2 heteroatoms. The van der Waals surface area contributed by atoms with Gasteiger partial charge in [-0.3, -0.25) is 0 Å². The van der Waals surface area contributed by atoms with Crippen LogP contribution in [0.3, 0.4) is 0 Å². The Hall–Kier alpha value is -0.370. The van der Waals surface area contributed by atoms with E-state index in [1.165, 1.54) is 18.5 Å². The molecule has 0 bridgehead atoms. The van der Waals surface area contributed by atoms with Gasteiger partial charge in [-0.25, -0.2) is 4.98 Å². The van der Waals surface area contributed by atoms with Crippen LogP contribution in [0.1, 0.15) is 24.5 Å². The SMILES string of the molecule is c1nc(C2CC2)cs1. The van der Waals surface area contributed by atoms with Crippen LogP contribution >= 0.6 is 11.3 Å². The largest absolute Gasteiger partial charge is 0.249 e. The number of rotatable bonds is 1. The predicted molar refractivity (Wildman–Crippen MR) is 34.1 cm³/mol. The molecule has 1 aromatic rings. The van der Waals surface area contributed by atoms with Gasteiger partial charge in [-0.05, 0) is 12.8 Å². The van der Waals surface area contributed by atoms with Gasteiger partial charge in [0.05, 0.1) is 11.2 Å². The Morgan fingerprint density at radius 3 is 3.00 bits per heavy atom. The summed E-state index contributed by atoms with van der Waals surface area (Å²) in [5, 5.41) is 2.15. The lowest BCUT2D eigenvalue weighted by Crippen LogP contribution is -1.73. The van der Waals surface area contributed by atoms with Crippen molar-refractivity contribution < 1.29 is 0 Å². The van der Waals surface area contributed by atoms with Crippen molar-refractivity contribution in [3.63, 3.8) is 0 Å². The third-order valence-corrected chi connectivity index (χ3v) is 2.05. The summed E-state index contributed by atoms with van der Waals surface area (Å²) in [5.74, 6) is 0.834. The van der Waals surface area contributed by atoms with E-state index in [1.54, 1.807) is 11.3 Å². The number of thiazole rings is 1. The Balaban J connectivity index is 2.28. The van der Waals surface area contributed by atoms with Gasteiger partial charge in [-0.2, -0.15) is 0 Å². The third kappa shape index (κ3) is 0.650. The Bertz CT molecular complexity index is 165. The summed E-state index contributed by atoms with van der Waals surface area (Å²) >= 11 is 1.70. The third-order valence-electron chi connectivity index (χ3n) is 1.45. The average Bonchev–Trinajstić information content (AvgIpc) is 2.49. The molecule has 42 valence electrons. The average molecular weight is 125 g/mol. The molecule has 0 radical (unpaired) electrons. The Morgan fingerprint density at radius 1 is 1.62 bits per heavy atom. The van der Waals surface area contributed by atoms with Gasteiger partial charge < -0.3 is 0 Å². The normalized spacial score (nSPS) is 19.0. The standard InChI is InChI=1S/C6H7NS/c1-2-5(1)6-3-8-4-7-6/h3-5H,1-2H2. The van der Waals surface area contributed by atoms with E-state index in [0.717, 1.165) is 5.92 Å². The lowest BCUT2D eigenvalue weighted by Gasteiger charge is -1.81. The first-order valence-corrected chi connectivity index (χ1v) is 3.79. The maximum absolute atomic E-state index is 4.20. The highest BCUT2D eigenvalue weighted by Crippen LogP contribution is 2.39. The van der Waals surface area contributed by atoms with Crippen molar-refractivity contribution >= 4 is 11.3 Å². The minimum absolute atomic E-state index is 0.834. The molecule has 1 fully saturated rings. The highest BCUT2D eigenvalue weighted by molar-refractivity contribution is 7.07. The fourth-order valence-electron chi connectivity index (χ4n) is 0.803. The fourth-order valence-corrected chi connectivity index (χ4v) is 1.44. The first kappa shape index (κ1) is 4.50. The molecule has 1 aromatic heterocycles. The Morgan fingerprint density at radius 2 is 2.50 bits per heavy atom. The molecule has 1 heterocycles. The summed E-state index contributed by atoms with van der Waals surface area (Å²) in [6, 6.07) is 0. The van der Waals surface area contributed by atoms with Crippen molar-refractivity contribution in [2.75, 3.05) is 0 Å². The van der Waals surface area contributed by atoms with Crippen LogP contribution in [-0.4, -0.2) is 4.98 Å². The van der Waals surface area contributed by atoms with Crippen molar-refractivity contribution in [3.8, 4) is 0 Å². The second kappa shape index (κ2) is 1.55. The monoisotopic (exact) mass is 125 g/mol. The Kier molecular flexibility index (Phi) is 0.875. The van der Waals surface area contributed by atoms with E-state index in [2.05, 4.69) is 10.4 Å². The zero-order valence-corrected chi connectivity index (χ0v) is 5.32. The molecule has 8 heavy (non-hydrogen) atoms. The molecule has 1 nitrogen and oxygen atoms in total. The van der Waals surface area contributed by atoms with Crippen LogP contribution in [0.5, 0.6) is 0 Å². The minimum Gasteiger partial charge on any atom is -0.249 e. The molecule has 0 atom stereocenters. The predicted octanol–water partition coefficient (Wildman–Crippen LogP) is 2.02. The van der Waals surface area contributed by atoms with E-state index < -0.39 is 0 Å². The second-order valence-electron chi connectivity index (χ2n) is 2.19. The maximum Gasteiger partial charge on any atom is 0.0794 e. The highest BCUT2D eigenvalue weighted by Gasteiger charge is 2.24. The molecule has 0 aliphatic heterocycles. The molecule has 1 aliphatic rings. The lowest BCUT2D eigenvalue weighted by atomic mass is 10.3. The molecule has 0 aromatic carbocycles. The van der Waals surface area contributed by atoms with Crippen molar-refractivity contribution in [1.29, 1.82) is 0 Å². The summed E-state index contributed by atoms with van der Waals surface area (Å²) in [6.45, 7) is 0.